The van der Waals surface area contributed by atoms with Crippen molar-refractivity contribution in [2.24, 2.45) is 5.73 Å². The summed E-state index contributed by atoms with van der Waals surface area (Å²) in [6, 6.07) is 14.7. The summed E-state index contributed by atoms with van der Waals surface area (Å²) in [7, 11) is 0. The lowest BCUT2D eigenvalue weighted by Crippen LogP contribution is -2.51. The average molecular weight is 372 g/mol. The molecule has 2 aromatic carbocycles. The summed E-state index contributed by atoms with van der Waals surface area (Å²) in [5.41, 5.74) is 8.18. The van der Waals surface area contributed by atoms with Crippen LogP contribution in [0.3, 0.4) is 0 Å². The molecule has 1 aliphatic heterocycles. The van der Waals surface area contributed by atoms with Crippen molar-refractivity contribution in [2.75, 3.05) is 26.2 Å². The highest BCUT2D eigenvalue weighted by molar-refractivity contribution is 6.30. The van der Waals surface area contributed by atoms with E-state index in [0.29, 0.717) is 49.7 Å². The maximum absolute atomic E-state index is 12.6. The van der Waals surface area contributed by atoms with Gasteiger partial charge in [-0.15, -0.1) is 0 Å². The fourth-order valence-electron chi connectivity index (χ4n) is 3.01. The van der Waals surface area contributed by atoms with Crippen LogP contribution in [0.25, 0.3) is 0 Å². The molecule has 3 rings (SSSR count). The largest absolute Gasteiger partial charge is 0.339 e. The molecule has 136 valence electrons. The number of hydrogen-bond donors (Lipinski definition) is 1. The number of piperazine rings is 1. The third-order valence-electron chi connectivity index (χ3n) is 4.62. The molecule has 0 radical (unpaired) electrons. The van der Waals surface area contributed by atoms with Gasteiger partial charge in [0, 0.05) is 43.3 Å². The lowest BCUT2D eigenvalue weighted by Gasteiger charge is -2.35. The van der Waals surface area contributed by atoms with Gasteiger partial charge in [-0.1, -0.05) is 35.9 Å². The molecular formula is C20H22ClN3O2. The Balaban J connectivity index is 1.53. The molecule has 0 atom stereocenters. The SMILES string of the molecule is NCc1ccc(C(=O)N2CCN(C(=O)Cc3ccc(Cl)cc3)CC2)cc1. The van der Waals surface area contributed by atoms with Gasteiger partial charge in [-0.25, -0.2) is 0 Å². The normalized spacial score (nSPS) is 14.4. The first-order chi connectivity index (χ1) is 12.6. The van der Waals surface area contributed by atoms with E-state index < -0.39 is 0 Å². The molecule has 0 saturated carbocycles. The zero-order chi connectivity index (χ0) is 18.5. The monoisotopic (exact) mass is 371 g/mol. The molecule has 1 aliphatic rings. The Kier molecular flexibility index (Phi) is 5.91. The van der Waals surface area contributed by atoms with E-state index in [1.54, 1.807) is 17.0 Å². The number of carbonyl (C=O) groups is 2. The molecular weight excluding hydrogens is 350 g/mol. The van der Waals surface area contributed by atoms with Gasteiger partial charge in [0.1, 0.15) is 0 Å². The van der Waals surface area contributed by atoms with Crippen molar-refractivity contribution in [2.45, 2.75) is 13.0 Å². The van der Waals surface area contributed by atoms with Gasteiger partial charge < -0.3 is 15.5 Å². The van der Waals surface area contributed by atoms with Gasteiger partial charge in [0.05, 0.1) is 6.42 Å². The van der Waals surface area contributed by atoms with E-state index in [1.165, 1.54) is 0 Å². The fraction of sp³-hybridized carbons (Fsp3) is 0.300. The molecule has 6 heteroatoms. The van der Waals surface area contributed by atoms with Crippen molar-refractivity contribution in [3.63, 3.8) is 0 Å². The lowest BCUT2D eigenvalue weighted by molar-refractivity contribution is -0.131. The van der Waals surface area contributed by atoms with Crippen LogP contribution < -0.4 is 5.73 Å². The van der Waals surface area contributed by atoms with Gasteiger partial charge in [-0.2, -0.15) is 0 Å². The van der Waals surface area contributed by atoms with Crippen molar-refractivity contribution < 1.29 is 9.59 Å². The second-order valence-corrected chi connectivity index (χ2v) is 6.81. The maximum Gasteiger partial charge on any atom is 0.253 e. The first-order valence-corrected chi connectivity index (χ1v) is 9.05. The Morgan fingerprint density at radius 1 is 0.846 bits per heavy atom. The molecule has 1 fully saturated rings. The van der Waals surface area contributed by atoms with E-state index >= 15 is 0 Å². The highest BCUT2D eigenvalue weighted by Gasteiger charge is 2.24. The minimum absolute atomic E-state index is 0.00151. The Hall–Kier alpha value is -2.37. The standard InChI is InChI=1S/C20H22ClN3O2/c21-18-7-3-15(4-8-18)13-19(25)23-9-11-24(12-10-23)20(26)17-5-1-16(14-22)2-6-17/h1-8H,9-14,22H2. The van der Waals surface area contributed by atoms with Gasteiger partial charge >= 0.3 is 0 Å². The first-order valence-electron chi connectivity index (χ1n) is 8.67. The van der Waals surface area contributed by atoms with Crippen LogP contribution in [0, 0.1) is 0 Å². The van der Waals surface area contributed by atoms with Crippen LogP contribution in [0.5, 0.6) is 0 Å². The molecule has 0 spiro atoms. The number of hydrogen-bond acceptors (Lipinski definition) is 3. The molecule has 2 amide bonds. The number of carbonyl (C=O) groups excluding carboxylic acids is 2. The molecule has 2 N–H and O–H groups in total. The van der Waals surface area contributed by atoms with E-state index in [-0.39, 0.29) is 11.8 Å². The summed E-state index contributed by atoms with van der Waals surface area (Å²) >= 11 is 5.87. The van der Waals surface area contributed by atoms with Gasteiger partial charge in [0.15, 0.2) is 0 Å². The number of benzene rings is 2. The second kappa shape index (κ2) is 8.34. The number of halogens is 1. The zero-order valence-corrected chi connectivity index (χ0v) is 15.3. The number of rotatable bonds is 4. The van der Waals surface area contributed by atoms with Crippen LogP contribution in [-0.2, 0) is 17.8 Å². The van der Waals surface area contributed by atoms with E-state index in [9.17, 15) is 9.59 Å². The van der Waals surface area contributed by atoms with Crippen LogP contribution in [-0.4, -0.2) is 47.8 Å². The molecule has 0 bridgehead atoms. The van der Waals surface area contributed by atoms with Crippen LogP contribution in [0.2, 0.25) is 5.02 Å². The van der Waals surface area contributed by atoms with Crippen molar-refractivity contribution in [1.29, 1.82) is 0 Å². The molecule has 1 heterocycles. The van der Waals surface area contributed by atoms with Crippen LogP contribution >= 0.6 is 11.6 Å². The van der Waals surface area contributed by atoms with E-state index in [1.807, 2.05) is 41.3 Å². The maximum atomic E-state index is 12.6. The Bertz CT molecular complexity index is 767. The molecule has 0 aliphatic carbocycles. The number of amides is 2. The molecule has 0 unspecified atom stereocenters. The molecule has 26 heavy (non-hydrogen) atoms. The topological polar surface area (TPSA) is 66.6 Å². The van der Waals surface area contributed by atoms with Crippen LogP contribution in [0.15, 0.2) is 48.5 Å². The summed E-state index contributed by atoms with van der Waals surface area (Å²) in [4.78, 5) is 28.6. The van der Waals surface area contributed by atoms with E-state index in [2.05, 4.69) is 0 Å². The van der Waals surface area contributed by atoms with Gasteiger partial charge in [-0.05, 0) is 35.4 Å². The minimum atomic E-state index is -0.00151. The summed E-state index contributed by atoms with van der Waals surface area (Å²) in [6.45, 7) is 2.66. The van der Waals surface area contributed by atoms with Crippen molar-refractivity contribution in [3.05, 3.63) is 70.2 Å². The third-order valence-corrected chi connectivity index (χ3v) is 4.88. The van der Waals surface area contributed by atoms with Crippen LogP contribution in [0.4, 0.5) is 0 Å². The fourth-order valence-corrected chi connectivity index (χ4v) is 3.14. The van der Waals surface area contributed by atoms with Gasteiger partial charge in [0.2, 0.25) is 5.91 Å². The summed E-state index contributed by atoms with van der Waals surface area (Å²) < 4.78 is 0. The predicted octanol–water partition coefficient (Wildman–Crippen LogP) is 2.33. The molecule has 0 aromatic heterocycles. The highest BCUT2D eigenvalue weighted by Crippen LogP contribution is 2.13. The quantitative estimate of drug-likeness (QED) is 0.896. The van der Waals surface area contributed by atoms with E-state index in [4.69, 9.17) is 17.3 Å². The third kappa shape index (κ3) is 4.42. The smallest absolute Gasteiger partial charge is 0.253 e. The van der Waals surface area contributed by atoms with Crippen LogP contribution in [0.1, 0.15) is 21.5 Å². The molecule has 1 saturated heterocycles. The van der Waals surface area contributed by atoms with Crippen molar-refractivity contribution >= 4 is 23.4 Å². The van der Waals surface area contributed by atoms with Gasteiger partial charge in [0.25, 0.3) is 5.91 Å². The molecule has 5 nitrogen and oxygen atoms in total. The number of nitrogens with zero attached hydrogens (tertiary/aromatic N) is 2. The highest BCUT2D eigenvalue weighted by atomic mass is 35.5. The zero-order valence-electron chi connectivity index (χ0n) is 14.5. The minimum Gasteiger partial charge on any atom is -0.339 e. The Morgan fingerprint density at radius 2 is 1.38 bits per heavy atom. The Morgan fingerprint density at radius 3 is 1.96 bits per heavy atom. The van der Waals surface area contributed by atoms with Crippen molar-refractivity contribution in [3.8, 4) is 0 Å². The Labute approximate surface area is 158 Å². The van der Waals surface area contributed by atoms with Crippen molar-refractivity contribution in [1.82, 2.24) is 9.80 Å². The average Bonchev–Trinajstić information content (AvgIpc) is 2.69. The number of nitrogens with two attached hydrogens (primary N) is 1. The predicted molar refractivity (Wildman–Crippen MR) is 102 cm³/mol. The first kappa shape index (κ1) is 18.4. The summed E-state index contributed by atoms with van der Waals surface area (Å²) in [5, 5.41) is 0.660. The summed E-state index contributed by atoms with van der Waals surface area (Å²) in [5.74, 6) is 0.0742. The van der Waals surface area contributed by atoms with Gasteiger partial charge in [-0.3, -0.25) is 9.59 Å². The summed E-state index contributed by atoms with van der Waals surface area (Å²) in [6.07, 6.45) is 0.353. The lowest BCUT2D eigenvalue weighted by atomic mass is 10.1. The van der Waals surface area contributed by atoms with E-state index in [0.717, 1.165) is 11.1 Å². The molecule has 2 aromatic rings. The second-order valence-electron chi connectivity index (χ2n) is 6.38.